The summed E-state index contributed by atoms with van der Waals surface area (Å²) in [6.07, 6.45) is 6.53. The van der Waals surface area contributed by atoms with E-state index in [-0.39, 0.29) is 29.4 Å². The molecule has 0 spiro atoms. The van der Waals surface area contributed by atoms with Crippen LogP contribution in [0.15, 0.2) is 46.2 Å². The lowest BCUT2D eigenvalue weighted by atomic mass is 10.1. The van der Waals surface area contributed by atoms with Gasteiger partial charge in [0.25, 0.3) is 22.9 Å². The number of carbonyl (C=O) groups excluding carboxylic acids is 2. The highest BCUT2D eigenvalue weighted by Crippen LogP contribution is 2.08. The van der Waals surface area contributed by atoms with Gasteiger partial charge in [-0.05, 0) is 49.9 Å². The van der Waals surface area contributed by atoms with E-state index in [1.54, 1.807) is 24.5 Å². The second-order valence-electron chi connectivity index (χ2n) is 7.50. The van der Waals surface area contributed by atoms with Crippen LogP contribution in [0.1, 0.15) is 51.4 Å². The number of hydrogen-bond donors (Lipinski definition) is 3. The Balaban J connectivity index is 1.60. The van der Waals surface area contributed by atoms with Crippen molar-refractivity contribution < 1.29 is 25.0 Å². The first kappa shape index (κ1) is 24.9. The van der Waals surface area contributed by atoms with Gasteiger partial charge < -0.3 is 19.3 Å². The number of aromatic hydroxyl groups is 2. The fraction of sp³-hybridized carbons (Fsp3) is 0.455. The van der Waals surface area contributed by atoms with E-state index >= 15 is 0 Å². The Labute approximate surface area is 184 Å². The summed E-state index contributed by atoms with van der Waals surface area (Å²) in [5.74, 6) is -1.97. The summed E-state index contributed by atoms with van der Waals surface area (Å²) in [4.78, 5) is 47.3. The summed E-state index contributed by atoms with van der Waals surface area (Å²) in [5.41, 5.74) is -0.936. The maximum absolute atomic E-state index is 12.0. The van der Waals surface area contributed by atoms with Gasteiger partial charge in [0.1, 0.15) is 0 Å². The van der Waals surface area contributed by atoms with Gasteiger partial charge >= 0.3 is 0 Å². The number of hydroxylamine groups is 2. The van der Waals surface area contributed by atoms with Crippen molar-refractivity contribution in [2.75, 3.05) is 0 Å². The number of carbonyl (C=O) groups is 2. The van der Waals surface area contributed by atoms with Gasteiger partial charge in [-0.1, -0.05) is 12.8 Å². The minimum Gasteiger partial charge on any atom is -0.503 e. The lowest BCUT2D eigenvalue weighted by Crippen LogP contribution is -2.33. The number of hydrogen-bond acceptors (Lipinski definition) is 7. The summed E-state index contributed by atoms with van der Waals surface area (Å²) < 4.78 is 2.77. The molecule has 0 aliphatic rings. The SMILES string of the molecule is O=C(CCCCCn1cccc(O)c1=O)N(O)C(=O)CCCCCn1cccc(O)c1=O. The van der Waals surface area contributed by atoms with E-state index in [2.05, 4.69) is 0 Å². The third-order valence-electron chi connectivity index (χ3n) is 5.05. The third kappa shape index (κ3) is 7.38. The molecule has 0 aromatic carbocycles. The molecule has 0 unspecified atom stereocenters. The van der Waals surface area contributed by atoms with Gasteiger partial charge in [0.2, 0.25) is 0 Å². The number of imide groups is 1. The fourth-order valence-electron chi connectivity index (χ4n) is 3.22. The first-order chi connectivity index (χ1) is 15.3. The molecule has 2 rings (SSSR count). The van der Waals surface area contributed by atoms with E-state index in [9.17, 15) is 34.6 Å². The van der Waals surface area contributed by atoms with Crippen molar-refractivity contribution >= 4 is 11.8 Å². The number of unbranched alkanes of at least 4 members (excludes halogenated alkanes) is 4. The molecular formula is C22H29N3O7. The molecule has 0 bridgehead atoms. The Bertz CT molecular complexity index is 947. The summed E-state index contributed by atoms with van der Waals surface area (Å²) in [5, 5.41) is 28.7. The molecule has 2 aromatic rings. The van der Waals surface area contributed by atoms with E-state index in [0.29, 0.717) is 51.6 Å². The van der Waals surface area contributed by atoms with Crippen LogP contribution in [-0.2, 0) is 22.7 Å². The monoisotopic (exact) mass is 447 g/mol. The molecule has 2 heterocycles. The summed E-state index contributed by atoms with van der Waals surface area (Å²) in [6.45, 7) is 0.801. The summed E-state index contributed by atoms with van der Waals surface area (Å²) in [6, 6.07) is 5.78. The van der Waals surface area contributed by atoms with Gasteiger partial charge in [0, 0.05) is 38.3 Å². The maximum Gasteiger partial charge on any atom is 0.292 e. The molecule has 0 atom stereocenters. The minimum absolute atomic E-state index is 0.0115. The van der Waals surface area contributed by atoms with Crippen molar-refractivity contribution in [1.82, 2.24) is 14.2 Å². The van der Waals surface area contributed by atoms with Crippen LogP contribution < -0.4 is 11.1 Å². The Morgan fingerprint density at radius 2 is 1.12 bits per heavy atom. The Morgan fingerprint density at radius 1 is 0.719 bits per heavy atom. The number of nitrogens with zero attached hydrogens (tertiary/aromatic N) is 3. The van der Waals surface area contributed by atoms with Crippen LogP contribution >= 0.6 is 0 Å². The molecule has 0 saturated heterocycles. The van der Waals surface area contributed by atoms with Crippen molar-refractivity contribution in [2.24, 2.45) is 0 Å². The topological polar surface area (TPSA) is 142 Å². The summed E-state index contributed by atoms with van der Waals surface area (Å²) in [7, 11) is 0. The van der Waals surface area contributed by atoms with Crippen LogP contribution in [0.25, 0.3) is 0 Å². The average molecular weight is 447 g/mol. The standard InChI is InChI=1S/C22H29N3O7/c26-17-9-7-15-23(21(17)30)13-5-1-3-11-19(28)25(32)20(29)12-4-2-6-14-24-16-8-10-18(27)22(24)31/h7-10,15-16,26-27,32H,1-6,11-14H2. The normalized spacial score (nSPS) is 10.8. The van der Waals surface area contributed by atoms with Crippen LogP contribution in [0.2, 0.25) is 0 Å². The van der Waals surface area contributed by atoms with E-state index in [0.717, 1.165) is 0 Å². The number of aryl methyl sites for hydroxylation is 2. The smallest absolute Gasteiger partial charge is 0.292 e. The van der Waals surface area contributed by atoms with Crippen LogP contribution in [0, 0.1) is 0 Å². The van der Waals surface area contributed by atoms with Crippen molar-refractivity contribution in [2.45, 2.75) is 64.5 Å². The zero-order valence-electron chi connectivity index (χ0n) is 17.9. The highest BCUT2D eigenvalue weighted by atomic mass is 16.5. The van der Waals surface area contributed by atoms with Crippen molar-refractivity contribution in [3.05, 3.63) is 57.4 Å². The quantitative estimate of drug-likeness (QED) is 0.257. The van der Waals surface area contributed by atoms with Gasteiger partial charge in [0.05, 0.1) is 0 Å². The number of amides is 2. The molecule has 10 nitrogen and oxygen atoms in total. The Kier molecular flexibility index (Phi) is 9.68. The Hall–Kier alpha value is -3.40. The van der Waals surface area contributed by atoms with Crippen molar-refractivity contribution in [3.8, 4) is 11.5 Å². The molecule has 0 fully saturated rings. The molecule has 32 heavy (non-hydrogen) atoms. The predicted molar refractivity (Wildman–Crippen MR) is 115 cm³/mol. The fourth-order valence-corrected chi connectivity index (χ4v) is 3.22. The number of pyridine rings is 2. The second-order valence-corrected chi connectivity index (χ2v) is 7.50. The van der Waals surface area contributed by atoms with Crippen LogP contribution in [-0.4, -0.2) is 41.4 Å². The maximum atomic E-state index is 12.0. The number of rotatable bonds is 12. The van der Waals surface area contributed by atoms with E-state index in [4.69, 9.17) is 0 Å². The zero-order valence-corrected chi connectivity index (χ0v) is 17.9. The van der Waals surface area contributed by atoms with Gasteiger partial charge in [-0.2, -0.15) is 5.06 Å². The van der Waals surface area contributed by atoms with Crippen LogP contribution in [0.3, 0.4) is 0 Å². The van der Waals surface area contributed by atoms with E-state index < -0.39 is 22.9 Å². The molecule has 10 heteroatoms. The van der Waals surface area contributed by atoms with Gasteiger partial charge in [0.15, 0.2) is 11.5 Å². The summed E-state index contributed by atoms with van der Waals surface area (Å²) >= 11 is 0. The molecule has 0 radical (unpaired) electrons. The molecule has 0 aliphatic heterocycles. The molecule has 0 aliphatic carbocycles. The lowest BCUT2D eigenvalue weighted by molar-refractivity contribution is -0.179. The average Bonchev–Trinajstić information content (AvgIpc) is 2.78. The van der Waals surface area contributed by atoms with E-state index in [1.807, 2.05) is 0 Å². The third-order valence-corrected chi connectivity index (χ3v) is 5.05. The largest absolute Gasteiger partial charge is 0.503 e. The van der Waals surface area contributed by atoms with Gasteiger partial charge in [-0.25, -0.2) is 0 Å². The van der Waals surface area contributed by atoms with Crippen molar-refractivity contribution in [3.63, 3.8) is 0 Å². The van der Waals surface area contributed by atoms with Crippen LogP contribution in [0.4, 0.5) is 0 Å². The van der Waals surface area contributed by atoms with Crippen LogP contribution in [0.5, 0.6) is 11.5 Å². The Morgan fingerprint density at radius 3 is 1.53 bits per heavy atom. The highest BCUT2D eigenvalue weighted by molar-refractivity contribution is 5.93. The molecule has 0 saturated carbocycles. The highest BCUT2D eigenvalue weighted by Gasteiger charge is 2.18. The molecule has 174 valence electrons. The lowest BCUT2D eigenvalue weighted by Gasteiger charge is -2.13. The second kappa shape index (κ2) is 12.5. The van der Waals surface area contributed by atoms with E-state index in [1.165, 1.54) is 21.3 Å². The first-order valence-electron chi connectivity index (χ1n) is 10.6. The first-order valence-corrected chi connectivity index (χ1v) is 10.6. The van der Waals surface area contributed by atoms with Gasteiger partial charge in [-0.3, -0.25) is 24.4 Å². The molecule has 2 aromatic heterocycles. The molecular weight excluding hydrogens is 418 g/mol. The van der Waals surface area contributed by atoms with Gasteiger partial charge in [-0.15, -0.1) is 0 Å². The minimum atomic E-state index is -0.671. The number of aromatic nitrogens is 2. The predicted octanol–water partition coefficient (Wildman–Crippen LogP) is 1.99. The zero-order chi connectivity index (χ0) is 23.5. The molecule has 2 amide bonds. The molecule has 3 N–H and O–H groups in total. The van der Waals surface area contributed by atoms with Crippen molar-refractivity contribution in [1.29, 1.82) is 0 Å².